The minimum Gasteiger partial charge on any atom is -0.349 e. The van der Waals surface area contributed by atoms with Gasteiger partial charge in [-0.3, -0.25) is 14.7 Å². The van der Waals surface area contributed by atoms with E-state index in [1.807, 2.05) is 37.4 Å². The van der Waals surface area contributed by atoms with Crippen molar-refractivity contribution in [2.75, 3.05) is 19.4 Å². The molecule has 0 saturated heterocycles. The number of nitrogens with one attached hydrogen (secondary N) is 2. The van der Waals surface area contributed by atoms with Crippen LogP contribution in [0.3, 0.4) is 0 Å². The van der Waals surface area contributed by atoms with E-state index >= 15 is 0 Å². The van der Waals surface area contributed by atoms with Gasteiger partial charge in [0.05, 0.1) is 5.39 Å². The second-order valence-electron chi connectivity index (χ2n) is 7.91. The lowest BCUT2D eigenvalue weighted by Crippen LogP contribution is -2.34. The predicted octanol–water partition coefficient (Wildman–Crippen LogP) is 2.80. The van der Waals surface area contributed by atoms with E-state index in [2.05, 4.69) is 20.6 Å². The van der Waals surface area contributed by atoms with Crippen LogP contribution < -0.4 is 5.32 Å². The summed E-state index contributed by atoms with van der Waals surface area (Å²) in [5, 5.41) is 15.7. The second-order valence-corrected chi connectivity index (χ2v) is 7.91. The van der Waals surface area contributed by atoms with Gasteiger partial charge in [0.15, 0.2) is 5.65 Å². The van der Waals surface area contributed by atoms with E-state index in [1.165, 1.54) is 0 Å². The summed E-state index contributed by atoms with van der Waals surface area (Å²) in [5.74, 6) is 0.618. The van der Waals surface area contributed by atoms with E-state index < -0.39 is 0 Å². The highest BCUT2D eigenvalue weighted by Crippen LogP contribution is 2.34. The number of amides is 2. The minimum atomic E-state index is -0.101. The lowest BCUT2D eigenvalue weighted by molar-refractivity contribution is -0.135. The Kier molecular flexibility index (Phi) is 5.08. The fourth-order valence-electron chi connectivity index (χ4n) is 4.12. The number of H-pyrrole nitrogens is 1. The van der Waals surface area contributed by atoms with Crippen LogP contribution in [-0.2, 0) is 16.6 Å². The van der Waals surface area contributed by atoms with Gasteiger partial charge in [-0.05, 0) is 25.7 Å². The summed E-state index contributed by atoms with van der Waals surface area (Å²) in [5.41, 5.74) is 2.45. The molecule has 0 bridgehead atoms. The van der Waals surface area contributed by atoms with Gasteiger partial charge in [-0.15, -0.1) is 0 Å². The average Bonchev–Trinajstić information content (AvgIpc) is 3.29. The molecule has 0 unspecified atom stereocenters. The number of benzene rings is 1. The molecule has 8 heteroatoms. The molecule has 4 rings (SSSR count). The molecule has 0 radical (unpaired) electrons. The molecule has 152 valence electrons. The third-order valence-electron chi connectivity index (χ3n) is 5.72. The molecule has 2 amide bonds. The third-order valence-corrected chi connectivity index (χ3v) is 5.72. The molecule has 2 heterocycles. The number of rotatable bonds is 4. The van der Waals surface area contributed by atoms with Gasteiger partial charge >= 0.3 is 0 Å². The van der Waals surface area contributed by atoms with Crippen LogP contribution in [0.4, 0.5) is 5.82 Å². The Morgan fingerprint density at radius 2 is 1.76 bits per heavy atom. The fourth-order valence-corrected chi connectivity index (χ4v) is 4.12. The number of aromatic amines is 1. The van der Waals surface area contributed by atoms with E-state index in [4.69, 9.17) is 0 Å². The molecule has 8 nitrogen and oxygen atoms in total. The van der Waals surface area contributed by atoms with Crippen molar-refractivity contribution in [3.63, 3.8) is 0 Å². The highest BCUT2D eigenvalue weighted by Gasteiger charge is 2.31. The van der Waals surface area contributed by atoms with E-state index in [1.54, 1.807) is 23.7 Å². The highest BCUT2D eigenvalue weighted by molar-refractivity contribution is 6.05. The lowest BCUT2D eigenvalue weighted by atomic mass is 9.81. The Morgan fingerprint density at radius 3 is 2.41 bits per heavy atom. The van der Waals surface area contributed by atoms with Crippen molar-refractivity contribution in [3.8, 4) is 11.3 Å². The molecular formula is C21H26N6O2. The Bertz CT molecular complexity index is 1030. The zero-order valence-electron chi connectivity index (χ0n) is 17.0. The first-order chi connectivity index (χ1) is 14.0. The van der Waals surface area contributed by atoms with Crippen LogP contribution in [0.15, 0.2) is 30.3 Å². The quantitative estimate of drug-likeness (QED) is 0.711. The smallest absolute Gasteiger partial charge is 0.228 e. The summed E-state index contributed by atoms with van der Waals surface area (Å²) >= 11 is 0. The molecule has 1 fully saturated rings. The first kappa shape index (κ1) is 19.2. The maximum absolute atomic E-state index is 12.9. The summed E-state index contributed by atoms with van der Waals surface area (Å²) in [6.07, 6.45) is 2.92. The Labute approximate surface area is 169 Å². The summed E-state index contributed by atoms with van der Waals surface area (Å²) in [6.45, 7) is 0. The molecule has 0 atom stereocenters. The summed E-state index contributed by atoms with van der Waals surface area (Å²) < 4.78 is 1.71. The minimum absolute atomic E-state index is 0.0240. The van der Waals surface area contributed by atoms with Gasteiger partial charge in [0.2, 0.25) is 11.8 Å². The lowest BCUT2D eigenvalue weighted by Gasteiger charge is -2.28. The number of carbonyl (C=O) groups is 2. The molecule has 29 heavy (non-hydrogen) atoms. The topological polar surface area (TPSA) is 95.9 Å². The van der Waals surface area contributed by atoms with Crippen molar-refractivity contribution in [3.05, 3.63) is 30.3 Å². The molecule has 1 aromatic carbocycles. The van der Waals surface area contributed by atoms with Gasteiger partial charge in [0, 0.05) is 38.5 Å². The number of carbonyl (C=O) groups excluding carboxylic acids is 2. The summed E-state index contributed by atoms with van der Waals surface area (Å²) in [4.78, 5) is 26.7. The number of anilines is 1. The molecular weight excluding hydrogens is 368 g/mol. The van der Waals surface area contributed by atoms with Crippen LogP contribution in [0.1, 0.15) is 25.7 Å². The van der Waals surface area contributed by atoms with Crippen molar-refractivity contribution >= 4 is 28.7 Å². The van der Waals surface area contributed by atoms with Crippen LogP contribution in [0.2, 0.25) is 0 Å². The summed E-state index contributed by atoms with van der Waals surface area (Å²) in [7, 11) is 5.40. The van der Waals surface area contributed by atoms with E-state index in [0.29, 0.717) is 24.3 Å². The van der Waals surface area contributed by atoms with Gasteiger partial charge in [0.1, 0.15) is 11.5 Å². The van der Waals surface area contributed by atoms with Gasteiger partial charge in [-0.25, -0.2) is 4.68 Å². The monoisotopic (exact) mass is 394 g/mol. The first-order valence-electron chi connectivity index (χ1n) is 9.94. The van der Waals surface area contributed by atoms with Gasteiger partial charge in [0.25, 0.3) is 0 Å². The number of aromatic nitrogens is 4. The molecule has 1 aliphatic rings. The Morgan fingerprint density at radius 1 is 1.10 bits per heavy atom. The van der Waals surface area contributed by atoms with Crippen LogP contribution in [0, 0.1) is 11.8 Å². The van der Waals surface area contributed by atoms with Crippen molar-refractivity contribution in [2.45, 2.75) is 25.7 Å². The largest absolute Gasteiger partial charge is 0.349 e. The van der Waals surface area contributed by atoms with Crippen molar-refractivity contribution < 1.29 is 9.59 Å². The third kappa shape index (κ3) is 3.62. The number of hydrogen-bond acceptors (Lipinski definition) is 4. The predicted molar refractivity (Wildman–Crippen MR) is 111 cm³/mol. The summed E-state index contributed by atoms with van der Waals surface area (Å²) in [6, 6.07) is 9.86. The van der Waals surface area contributed by atoms with Crippen molar-refractivity contribution in [1.82, 2.24) is 24.9 Å². The van der Waals surface area contributed by atoms with Crippen LogP contribution >= 0.6 is 0 Å². The fraction of sp³-hybridized carbons (Fsp3) is 0.429. The van der Waals surface area contributed by atoms with Crippen LogP contribution in [0.25, 0.3) is 22.3 Å². The maximum Gasteiger partial charge on any atom is 0.228 e. The zero-order valence-corrected chi connectivity index (χ0v) is 17.0. The number of nitrogens with zero attached hydrogens (tertiary/aromatic N) is 4. The van der Waals surface area contributed by atoms with Crippen LogP contribution in [-0.4, -0.2) is 50.8 Å². The zero-order chi connectivity index (χ0) is 20.5. The van der Waals surface area contributed by atoms with Crippen molar-refractivity contribution in [2.24, 2.45) is 18.9 Å². The first-order valence-corrected chi connectivity index (χ1v) is 9.94. The molecule has 3 aromatic rings. The second kappa shape index (κ2) is 7.69. The van der Waals surface area contributed by atoms with E-state index in [0.717, 1.165) is 29.5 Å². The maximum atomic E-state index is 12.9. The molecule has 0 spiro atoms. The van der Waals surface area contributed by atoms with E-state index in [-0.39, 0.29) is 23.7 Å². The van der Waals surface area contributed by atoms with Crippen molar-refractivity contribution in [1.29, 1.82) is 0 Å². The van der Waals surface area contributed by atoms with Gasteiger partial charge in [-0.1, -0.05) is 30.3 Å². The molecule has 2 N–H and O–H groups in total. The number of fused-ring (bicyclic) bond motifs is 1. The SMILES string of the molecule is CN(C)C(=O)C1CCC(C(=O)Nc2[nH]nc3c2c(-c2ccccc2)nn3C)CC1. The number of aryl methyl sites for hydroxylation is 1. The highest BCUT2D eigenvalue weighted by atomic mass is 16.2. The Hall–Kier alpha value is -3.16. The molecule has 1 saturated carbocycles. The normalized spacial score (nSPS) is 19.3. The van der Waals surface area contributed by atoms with E-state index in [9.17, 15) is 9.59 Å². The molecule has 1 aliphatic carbocycles. The Balaban J connectivity index is 1.52. The van der Waals surface area contributed by atoms with Gasteiger partial charge in [-0.2, -0.15) is 10.2 Å². The average molecular weight is 394 g/mol. The molecule has 0 aliphatic heterocycles. The standard InChI is InChI=1S/C21H26N6O2/c1-26(2)21(29)15-11-9-14(10-12-15)20(28)22-18-16-17(13-7-5-4-6-8-13)25-27(3)19(16)24-23-18/h4-8,14-15H,9-12H2,1-3H3,(H2,22,23,24,28). The van der Waals surface area contributed by atoms with Gasteiger partial charge < -0.3 is 10.2 Å². The molecule has 2 aromatic heterocycles. The van der Waals surface area contributed by atoms with Crippen LogP contribution in [0.5, 0.6) is 0 Å². The number of hydrogen-bond donors (Lipinski definition) is 2.